The van der Waals surface area contributed by atoms with Crippen molar-refractivity contribution >= 4 is 29.1 Å². The van der Waals surface area contributed by atoms with Gasteiger partial charge in [0, 0.05) is 29.4 Å². The summed E-state index contributed by atoms with van der Waals surface area (Å²) < 4.78 is 10.7. The van der Waals surface area contributed by atoms with E-state index in [1.807, 2.05) is 55.5 Å². The Morgan fingerprint density at radius 1 is 0.964 bits per heavy atom. The van der Waals surface area contributed by atoms with E-state index >= 15 is 0 Å². The Kier molecular flexibility index (Phi) is 6.55. The highest BCUT2D eigenvalue weighted by Crippen LogP contribution is 2.30. The molecule has 0 radical (unpaired) electrons. The van der Waals surface area contributed by atoms with Crippen molar-refractivity contribution in [2.45, 2.75) is 13.3 Å². The largest absolute Gasteiger partial charge is 0.497 e. The predicted octanol–water partition coefficient (Wildman–Crippen LogP) is 4.85. The van der Waals surface area contributed by atoms with Gasteiger partial charge in [-0.05, 0) is 43.2 Å². The Balaban J connectivity index is 1.68. The average Bonchev–Trinajstić information content (AvgIpc) is 2.69. The van der Waals surface area contributed by atoms with Crippen LogP contribution in [0, 0.1) is 6.92 Å². The summed E-state index contributed by atoms with van der Waals surface area (Å²) in [7, 11) is 3.23. The summed E-state index contributed by atoms with van der Waals surface area (Å²) in [6, 6.07) is 15.3. The number of nitrogens with one attached hydrogen (secondary N) is 2. The van der Waals surface area contributed by atoms with Gasteiger partial charge in [-0.1, -0.05) is 23.7 Å². The second-order valence-electron chi connectivity index (χ2n) is 6.21. The molecule has 0 bridgehead atoms. The van der Waals surface area contributed by atoms with Crippen LogP contribution in [0.2, 0.25) is 5.02 Å². The maximum atomic E-state index is 5.93. The van der Waals surface area contributed by atoms with Crippen LogP contribution in [-0.4, -0.2) is 30.7 Å². The van der Waals surface area contributed by atoms with Crippen LogP contribution in [0.4, 0.5) is 17.5 Å². The summed E-state index contributed by atoms with van der Waals surface area (Å²) in [6.45, 7) is 2.69. The number of rotatable bonds is 8. The quantitative estimate of drug-likeness (QED) is 0.565. The second-order valence-corrected chi connectivity index (χ2v) is 6.65. The van der Waals surface area contributed by atoms with Crippen LogP contribution in [0.3, 0.4) is 0 Å². The second kappa shape index (κ2) is 9.28. The number of nitrogens with zero attached hydrogens (tertiary/aromatic N) is 2. The molecule has 0 unspecified atom stereocenters. The van der Waals surface area contributed by atoms with Gasteiger partial charge in [-0.2, -0.15) is 4.98 Å². The molecule has 3 rings (SSSR count). The summed E-state index contributed by atoms with van der Waals surface area (Å²) in [4.78, 5) is 9.01. The standard InChI is InChI=1S/C21H23ClN4O2/c1-14-12-20(23-11-10-15-4-6-16(22)7-5-15)26-21(24-14)25-18-9-8-17(27-2)13-19(18)28-3/h4-9,12-13H,10-11H2,1-3H3,(H2,23,24,25,26). The van der Waals surface area contributed by atoms with Gasteiger partial charge in [-0.25, -0.2) is 4.98 Å². The van der Waals surface area contributed by atoms with Crippen molar-refractivity contribution in [2.24, 2.45) is 0 Å². The normalized spacial score (nSPS) is 10.4. The van der Waals surface area contributed by atoms with Gasteiger partial charge in [-0.15, -0.1) is 0 Å². The summed E-state index contributed by atoms with van der Waals surface area (Å²) in [5.74, 6) is 2.63. The molecule has 0 aliphatic rings. The molecule has 7 heteroatoms. The molecule has 0 aliphatic heterocycles. The number of aryl methyl sites for hydroxylation is 1. The lowest BCUT2D eigenvalue weighted by molar-refractivity contribution is 0.395. The van der Waals surface area contributed by atoms with Gasteiger partial charge in [0.1, 0.15) is 17.3 Å². The Morgan fingerprint density at radius 3 is 2.46 bits per heavy atom. The van der Waals surface area contributed by atoms with Crippen LogP contribution in [-0.2, 0) is 6.42 Å². The van der Waals surface area contributed by atoms with Gasteiger partial charge in [0.2, 0.25) is 5.95 Å². The van der Waals surface area contributed by atoms with E-state index in [-0.39, 0.29) is 0 Å². The van der Waals surface area contributed by atoms with Gasteiger partial charge in [-0.3, -0.25) is 0 Å². The van der Waals surface area contributed by atoms with Crippen molar-refractivity contribution in [3.05, 3.63) is 64.8 Å². The zero-order valence-electron chi connectivity index (χ0n) is 16.1. The first kappa shape index (κ1) is 19.8. The van der Waals surface area contributed by atoms with Crippen LogP contribution >= 0.6 is 11.6 Å². The van der Waals surface area contributed by atoms with Crippen molar-refractivity contribution in [3.63, 3.8) is 0 Å². The predicted molar refractivity (Wildman–Crippen MR) is 113 cm³/mol. The summed E-state index contributed by atoms with van der Waals surface area (Å²) in [6.07, 6.45) is 0.870. The maximum Gasteiger partial charge on any atom is 0.229 e. The first-order chi connectivity index (χ1) is 13.6. The Hall–Kier alpha value is -2.99. The van der Waals surface area contributed by atoms with Crippen molar-refractivity contribution in [3.8, 4) is 11.5 Å². The molecular formula is C21H23ClN4O2. The molecule has 3 aromatic rings. The molecular weight excluding hydrogens is 376 g/mol. The molecule has 6 nitrogen and oxygen atoms in total. The van der Waals surface area contributed by atoms with Crippen LogP contribution in [0.5, 0.6) is 11.5 Å². The molecule has 2 aromatic carbocycles. The summed E-state index contributed by atoms with van der Waals surface area (Å²) >= 11 is 5.93. The van der Waals surface area contributed by atoms with Crippen LogP contribution in [0.15, 0.2) is 48.5 Å². The van der Waals surface area contributed by atoms with E-state index in [0.717, 1.165) is 40.9 Å². The van der Waals surface area contributed by atoms with E-state index in [2.05, 4.69) is 20.6 Å². The van der Waals surface area contributed by atoms with E-state index < -0.39 is 0 Å². The number of ether oxygens (including phenoxy) is 2. The van der Waals surface area contributed by atoms with E-state index in [9.17, 15) is 0 Å². The molecule has 0 atom stereocenters. The van der Waals surface area contributed by atoms with Crippen LogP contribution in [0.25, 0.3) is 0 Å². The Bertz CT molecular complexity index is 932. The van der Waals surface area contributed by atoms with Gasteiger partial charge in [0.25, 0.3) is 0 Å². The molecule has 0 spiro atoms. The Morgan fingerprint density at radius 2 is 1.75 bits per heavy atom. The minimum absolute atomic E-state index is 0.498. The van der Waals surface area contributed by atoms with Crippen molar-refractivity contribution in [1.82, 2.24) is 9.97 Å². The lowest BCUT2D eigenvalue weighted by Gasteiger charge is -2.13. The SMILES string of the molecule is COc1ccc(Nc2nc(C)cc(NCCc3ccc(Cl)cc3)n2)c(OC)c1. The molecule has 0 fully saturated rings. The zero-order valence-corrected chi connectivity index (χ0v) is 16.9. The van der Waals surface area contributed by atoms with E-state index in [1.54, 1.807) is 14.2 Å². The monoisotopic (exact) mass is 398 g/mol. The molecule has 0 saturated heterocycles. The van der Waals surface area contributed by atoms with Crippen molar-refractivity contribution in [1.29, 1.82) is 0 Å². The number of hydrogen-bond acceptors (Lipinski definition) is 6. The smallest absolute Gasteiger partial charge is 0.229 e. The zero-order chi connectivity index (χ0) is 19.9. The fourth-order valence-electron chi connectivity index (χ4n) is 2.72. The summed E-state index contributed by atoms with van der Waals surface area (Å²) in [5, 5.41) is 7.30. The van der Waals surface area contributed by atoms with Crippen molar-refractivity contribution in [2.75, 3.05) is 31.4 Å². The van der Waals surface area contributed by atoms with E-state index in [0.29, 0.717) is 11.7 Å². The topological polar surface area (TPSA) is 68.3 Å². The third-order valence-electron chi connectivity index (χ3n) is 4.14. The van der Waals surface area contributed by atoms with Gasteiger partial charge >= 0.3 is 0 Å². The first-order valence-corrected chi connectivity index (χ1v) is 9.28. The van der Waals surface area contributed by atoms with Gasteiger partial charge < -0.3 is 20.1 Å². The molecule has 2 N–H and O–H groups in total. The lowest BCUT2D eigenvalue weighted by Crippen LogP contribution is -2.09. The van der Waals surface area contributed by atoms with Crippen LogP contribution in [0.1, 0.15) is 11.3 Å². The third kappa shape index (κ3) is 5.27. The molecule has 0 aliphatic carbocycles. The highest BCUT2D eigenvalue weighted by atomic mass is 35.5. The number of methoxy groups -OCH3 is 2. The average molecular weight is 399 g/mol. The molecule has 146 valence electrons. The molecule has 1 aromatic heterocycles. The minimum Gasteiger partial charge on any atom is -0.497 e. The number of halogens is 1. The number of anilines is 3. The molecule has 0 amide bonds. The van der Waals surface area contributed by atoms with Gasteiger partial charge in [0.15, 0.2) is 0 Å². The fraction of sp³-hybridized carbons (Fsp3) is 0.238. The third-order valence-corrected chi connectivity index (χ3v) is 4.39. The first-order valence-electron chi connectivity index (χ1n) is 8.90. The van der Waals surface area contributed by atoms with Gasteiger partial charge in [0.05, 0.1) is 19.9 Å². The minimum atomic E-state index is 0.498. The van der Waals surface area contributed by atoms with Crippen molar-refractivity contribution < 1.29 is 9.47 Å². The van der Waals surface area contributed by atoms with E-state index in [1.165, 1.54) is 5.56 Å². The molecule has 1 heterocycles. The van der Waals surface area contributed by atoms with Crippen LogP contribution < -0.4 is 20.1 Å². The number of hydrogen-bond donors (Lipinski definition) is 2. The lowest BCUT2D eigenvalue weighted by atomic mass is 10.1. The number of benzene rings is 2. The maximum absolute atomic E-state index is 5.93. The summed E-state index contributed by atoms with van der Waals surface area (Å²) in [5.41, 5.74) is 2.84. The molecule has 28 heavy (non-hydrogen) atoms. The van der Waals surface area contributed by atoms with E-state index in [4.69, 9.17) is 21.1 Å². The fourth-order valence-corrected chi connectivity index (χ4v) is 2.85. The Labute approximate surface area is 169 Å². The molecule has 0 saturated carbocycles. The highest BCUT2D eigenvalue weighted by Gasteiger charge is 2.08. The number of aromatic nitrogens is 2. The highest BCUT2D eigenvalue weighted by molar-refractivity contribution is 6.30.